The number of methoxy groups -OCH3 is 2. The summed E-state index contributed by atoms with van der Waals surface area (Å²) in [6, 6.07) is 4.80. The molecule has 0 aliphatic heterocycles. The second-order valence-corrected chi connectivity index (χ2v) is 5.89. The maximum Gasteiger partial charge on any atom is 0.337 e. The molecule has 0 unspecified atom stereocenters. The maximum absolute atomic E-state index is 12.2. The third-order valence-corrected chi connectivity index (χ3v) is 4.39. The van der Waals surface area contributed by atoms with Crippen molar-refractivity contribution in [1.82, 2.24) is 0 Å². The zero-order valence-corrected chi connectivity index (χ0v) is 12.2. The molecular formula is C12H17O6P. The molecule has 0 atom stereocenters. The SMILES string of the molecule is COc1ccc(OC)c(C(=O)CP(=O)(OC)OC)c1. The Hall–Kier alpha value is -1.36. The monoisotopic (exact) mass is 288 g/mol. The largest absolute Gasteiger partial charge is 0.497 e. The van der Waals surface area contributed by atoms with Gasteiger partial charge < -0.3 is 18.5 Å². The zero-order chi connectivity index (χ0) is 14.5. The smallest absolute Gasteiger partial charge is 0.337 e. The van der Waals surface area contributed by atoms with E-state index < -0.39 is 13.4 Å². The van der Waals surface area contributed by atoms with Crippen LogP contribution in [0.4, 0.5) is 0 Å². The summed E-state index contributed by atoms with van der Waals surface area (Å²) in [6.07, 6.45) is -0.358. The van der Waals surface area contributed by atoms with Gasteiger partial charge in [0.2, 0.25) is 0 Å². The molecule has 0 saturated carbocycles. The fourth-order valence-electron chi connectivity index (χ4n) is 1.50. The van der Waals surface area contributed by atoms with Crippen LogP contribution in [0.2, 0.25) is 0 Å². The molecule has 0 aliphatic carbocycles. The van der Waals surface area contributed by atoms with E-state index in [-0.39, 0.29) is 11.7 Å². The first kappa shape index (κ1) is 15.7. The van der Waals surface area contributed by atoms with Gasteiger partial charge in [0.25, 0.3) is 0 Å². The van der Waals surface area contributed by atoms with Gasteiger partial charge >= 0.3 is 7.60 Å². The quantitative estimate of drug-likeness (QED) is 0.566. The van der Waals surface area contributed by atoms with Gasteiger partial charge in [-0.1, -0.05) is 0 Å². The van der Waals surface area contributed by atoms with E-state index in [1.807, 2.05) is 0 Å². The van der Waals surface area contributed by atoms with E-state index in [0.717, 1.165) is 0 Å². The molecule has 0 spiro atoms. The Balaban J connectivity index is 3.07. The predicted molar refractivity (Wildman–Crippen MR) is 70.4 cm³/mol. The summed E-state index contributed by atoms with van der Waals surface area (Å²) in [4.78, 5) is 12.2. The van der Waals surface area contributed by atoms with Crippen molar-refractivity contribution >= 4 is 13.4 Å². The highest BCUT2D eigenvalue weighted by molar-refractivity contribution is 7.54. The number of rotatable bonds is 7. The Morgan fingerprint density at radius 2 is 1.74 bits per heavy atom. The molecule has 0 radical (unpaired) electrons. The van der Waals surface area contributed by atoms with Gasteiger partial charge in [0, 0.05) is 14.2 Å². The summed E-state index contributed by atoms with van der Waals surface area (Å²) in [5, 5.41) is 0. The van der Waals surface area contributed by atoms with Gasteiger partial charge in [0.05, 0.1) is 19.8 Å². The van der Waals surface area contributed by atoms with E-state index in [9.17, 15) is 9.36 Å². The van der Waals surface area contributed by atoms with Gasteiger partial charge in [-0.05, 0) is 18.2 Å². The lowest BCUT2D eigenvalue weighted by Crippen LogP contribution is -2.10. The van der Waals surface area contributed by atoms with Crippen molar-refractivity contribution in [2.45, 2.75) is 0 Å². The summed E-state index contributed by atoms with van der Waals surface area (Å²) in [7, 11) is 2.01. The first-order valence-electron chi connectivity index (χ1n) is 5.45. The molecule has 1 aromatic carbocycles. The average Bonchev–Trinajstić information content (AvgIpc) is 2.46. The number of ketones is 1. The molecular weight excluding hydrogens is 271 g/mol. The van der Waals surface area contributed by atoms with Crippen LogP contribution in [0.3, 0.4) is 0 Å². The summed E-state index contributed by atoms with van der Waals surface area (Å²) >= 11 is 0. The lowest BCUT2D eigenvalue weighted by atomic mass is 10.1. The summed E-state index contributed by atoms with van der Waals surface area (Å²) < 4.78 is 31.6. The van der Waals surface area contributed by atoms with E-state index >= 15 is 0 Å². The van der Waals surface area contributed by atoms with Gasteiger partial charge in [-0.15, -0.1) is 0 Å². The third-order valence-electron chi connectivity index (χ3n) is 2.60. The van der Waals surface area contributed by atoms with Crippen LogP contribution in [0.25, 0.3) is 0 Å². The van der Waals surface area contributed by atoms with Gasteiger partial charge in [0.1, 0.15) is 17.7 Å². The number of ether oxygens (including phenoxy) is 2. The van der Waals surface area contributed by atoms with Crippen LogP contribution >= 0.6 is 7.60 Å². The number of carbonyl (C=O) groups is 1. The Labute approximate surface area is 112 Å². The predicted octanol–water partition coefficient (Wildman–Crippen LogP) is 2.37. The second kappa shape index (κ2) is 6.70. The van der Waals surface area contributed by atoms with Crippen molar-refractivity contribution in [2.24, 2.45) is 0 Å². The Bertz CT molecular complexity index is 491. The minimum absolute atomic E-state index is 0.274. The fraction of sp³-hybridized carbons (Fsp3) is 0.417. The van der Waals surface area contributed by atoms with Crippen LogP contribution in [0.1, 0.15) is 10.4 Å². The summed E-state index contributed by atoms with van der Waals surface area (Å²) in [5.74, 6) is 0.487. The molecule has 0 fully saturated rings. The van der Waals surface area contributed by atoms with Crippen LogP contribution in [-0.2, 0) is 13.6 Å². The van der Waals surface area contributed by atoms with Crippen molar-refractivity contribution in [3.8, 4) is 11.5 Å². The minimum atomic E-state index is -3.40. The lowest BCUT2D eigenvalue weighted by Gasteiger charge is -2.14. The van der Waals surface area contributed by atoms with E-state index in [0.29, 0.717) is 11.5 Å². The van der Waals surface area contributed by atoms with Crippen LogP contribution in [-0.4, -0.2) is 40.4 Å². The van der Waals surface area contributed by atoms with E-state index in [2.05, 4.69) is 0 Å². The molecule has 1 aromatic rings. The number of hydrogen-bond acceptors (Lipinski definition) is 6. The highest BCUT2D eigenvalue weighted by Gasteiger charge is 2.28. The van der Waals surface area contributed by atoms with Crippen LogP contribution in [0.5, 0.6) is 11.5 Å². The van der Waals surface area contributed by atoms with Gasteiger partial charge in [0.15, 0.2) is 5.78 Å². The van der Waals surface area contributed by atoms with Crippen LogP contribution in [0.15, 0.2) is 18.2 Å². The number of carbonyl (C=O) groups excluding carboxylic acids is 1. The molecule has 0 N–H and O–H groups in total. The number of Topliss-reactive ketones (excluding diaryl/α,β-unsaturated/α-hetero) is 1. The molecule has 0 aliphatic rings. The maximum atomic E-state index is 12.2. The third kappa shape index (κ3) is 3.80. The minimum Gasteiger partial charge on any atom is -0.497 e. The highest BCUT2D eigenvalue weighted by Crippen LogP contribution is 2.47. The first-order chi connectivity index (χ1) is 8.99. The lowest BCUT2D eigenvalue weighted by molar-refractivity contribution is 0.100. The number of benzene rings is 1. The van der Waals surface area contributed by atoms with Gasteiger partial charge in [-0.25, -0.2) is 0 Å². The number of hydrogen-bond donors (Lipinski definition) is 0. The molecule has 1 rings (SSSR count). The average molecular weight is 288 g/mol. The topological polar surface area (TPSA) is 71.1 Å². The molecule has 0 saturated heterocycles. The Kier molecular flexibility index (Phi) is 5.54. The van der Waals surface area contributed by atoms with Crippen molar-refractivity contribution in [3.63, 3.8) is 0 Å². The molecule has 19 heavy (non-hydrogen) atoms. The molecule has 0 aromatic heterocycles. The van der Waals surface area contributed by atoms with E-state index in [4.69, 9.17) is 18.5 Å². The molecule has 0 amide bonds. The van der Waals surface area contributed by atoms with Crippen molar-refractivity contribution in [2.75, 3.05) is 34.6 Å². The molecule has 6 nitrogen and oxygen atoms in total. The van der Waals surface area contributed by atoms with Crippen LogP contribution < -0.4 is 9.47 Å². The Morgan fingerprint density at radius 1 is 1.11 bits per heavy atom. The molecule has 0 heterocycles. The highest BCUT2D eigenvalue weighted by atomic mass is 31.2. The standard InChI is InChI=1S/C12H17O6P/c1-15-9-5-6-12(16-2)10(7-9)11(13)8-19(14,17-3)18-4/h5-7H,8H2,1-4H3. The first-order valence-corrected chi connectivity index (χ1v) is 7.18. The van der Waals surface area contributed by atoms with Crippen molar-refractivity contribution < 1.29 is 27.9 Å². The van der Waals surface area contributed by atoms with Gasteiger partial charge in [-0.2, -0.15) is 0 Å². The van der Waals surface area contributed by atoms with E-state index in [1.165, 1.54) is 34.5 Å². The van der Waals surface area contributed by atoms with Gasteiger partial charge in [-0.3, -0.25) is 9.36 Å². The van der Waals surface area contributed by atoms with E-state index in [1.54, 1.807) is 12.1 Å². The van der Waals surface area contributed by atoms with Crippen molar-refractivity contribution in [1.29, 1.82) is 0 Å². The Morgan fingerprint density at radius 3 is 2.21 bits per heavy atom. The molecule has 7 heteroatoms. The summed E-state index contributed by atoms with van der Waals surface area (Å²) in [6.45, 7) is 0. The fourth-order valence-corrected chi connectivity index (χ4v) is 2.43. The zero-order valence-electron chi connectivity index (χ0n) is 11.3. The normalized spacial score (nSPS) is 11.2. The molecule has 0 bridgehead atoms. The molecule has 106 valence electrons. The second-order valence-electron chi connectivity index (χ2n) is 3.62. The van der Waals surface area contributed by atoms with Crippen LogP contribution in [0, 0.1) is 0 Å². The van der Waals surface area contributed by atoms with Crippen molar-refractivity contribution in [3.05, 3.63) is 23.8 Å². The summed E-state index contributed by atoms with van der Waals surface area (Å²) in [5.41, 5.74) is 0.274.